The molecule has 2 aliphatic rings. The average Bonchev–Trinajstić information content (AvgIpc) is 3.47. The van der Waals surface area contributed by atoms with Gasteiger partial charge in [0.05, 0.1) is 40.1 Å². The molecule has 0 unspecified atom stereocenters. The molecule has 0 bridgehead atoms. The number of para-hydroxylation sites is 1. The first-order chi connectivity index (χ1) is 22.4. The molecule has 0 radical (unpaired) electrons. The van der Waals surface area contributed by atoms with Gasteiger partial charge < -0.3 is 10.1 Å². The van der Waals surface area contributed by atoms with Gasteiger partial charge in [0.25, 0.3) is 0 Å². The number of halogens is 4. The van der Waals surface area contributed by atoms with Crippen molar-refractivity contribution in [3.05, 3.63) is 109 Å². The van der Waals surface area contributed by atoms with E-state index in [1.165, 1.54) is 36.4 Å². The van der Waals surface area contributed by atoms with Crippen LogP contribution in [0, 0.1) is 5.92 Å². The molecule has 0 spiro atoms. The number of ether oxygens (including phenoxy) is 1. The number of hydrogen-bond donors (Lipinski definition) is 1. The molecule has 15 heteroatoms. The van der Waals surface area contributed by atoms with E-state index in [0.29, 0.717) is 15.5 Å². The Morgan fingerprint density at radius 2 is 1.64 bits per heavy atom. The highest BCUT2D eigenvalue weighted by Crippen LogP contribution is 2.54. The van der Waals surface area contributed by atoms with Crippen molar-refractivity contribution in [3.8, 4) is 0 Å². The lowest BCUT2D eigenvalue weighted by Crippen LogP contribution is -2.33. The van der Waals surface area contributed by atoms with Crippen LogP contribution in [-0.2, 0) is 31.8 Å². The van der Waals surface area contributed by atoms with Gasteiger partial charge in [-0.15, -0.1) is 0 Å². The molecule has 0 saturated carbocycles. The molecule has 3 aromatic carbocycles. The molecule has 1 fully saturated rings. The number of esters is 1. The molecular weight excluding hydrogens is 679 g/mol. The van der Waals surface area contributed by atoms with Crippen LogP contribution in [0.25, 0.3) is 0 Å². The lowest BCUT2D eigenvalue weighted by atomic mass is 9.83. The third-order valence-electron chi connectivity index (χ3n) is 7.72. The van der Waals surface area contributed by atoms with Crippen molar-refractivity contribution >= 4 is 69.8 Å². The fourth-order valence-corrected chi connectivity index (χ4v) is 8.57. The lowest BCUT2D eigenvalue weighted by Gasteiger charge is -2.30. The number of fused-ring (bicyclic) bond motifs is 2. The minimum Gasteiger partial charge on any atom is -0.462 e. The second-order valence-electron chi connectivity index (χ2n) is 10.6. The standard InChI is InChI=1S/C32H23ClF3N3O6S2/c1-2-45-30(43)17-9-13-19(14-10-17)39-27(41)24-23(16-7-11-18(33)12-8-16)26-29(46-25(24)28(39)42)38(31(44)47-26)15-22(40)37-21-6-4-3-5-20(21)32(34,35)36/h3-14,23-25H,2,15H2,1H3,(H,37,40)/t23-,24-,25+/m0/s1. The zero-order chi connectivity index (χ0) is 33.6. The number of carbonyl (C=O) groups is 4. The molecule has 2 aliphatic heterocycles. The van der Waals surface area contributed by atoms with Gasteiger partial charge in [-0.3, -0.25) is 23.7 Å². The first-order valence-electron chi connectivity index (χ1n) is 14.2. The van der Waals surface area contributed by atoms with Crippen LogP contribution in [0.3, 0.4) is 0 Å². The molecule has 3 heterocycles. The number of carbonyl (C=O) groups excluding carboxylic acids is 4. The van der Waals surface area contributed by atoms with Gasteiger partial charge in [-0.05, 0) is 61.0 Å². The summed E-state index contributed by atoms with van der Waals surface area (Å²) in [4.78, 5) is 67.4. The third-order valence-corrected chi connectivity index (χ3v) is 10.6. The molecule has 1 saturated heterocycles. The zero-order valence-corrected chi connectivity index (χ0v) is 26.6. The Labute approximate surface area is 278 Å². The Bertz CT molecular complexity index is 1960. The molecule has 47 heavy (non-hydrogen) atoms. The molecule has 0 aliphatic carbocycles. The van der Waals surface area contributed by atoms with Crippen molar-refractivity contribution in [2.45, 2.75) is 35.8 Å². The van der Waals surface area contributed by atoms with Crippen molar-refractivity contribution in [1.29, 1.82) is 0 Å². The number of thiazole rings is 1. The molecule has 4 aromatic rings. The summed E-state index contributed by atoms with van der Waals surface area (Å²) in [7, 11) is 0. The van der Waals surface area contributed by atoms with Crippen LogP contribution in [-0.4, -0.2) is 40.1 Å². The Kier molecular flexibility index (Phi) is 8.76. The van der Waals surface area contributed by atoms with Crippen LogP contribution in [0.2, 0.25) is 5.02 Å². The Morgan fingerprint density at radius 3 is 2.30 bits per heavy atom. The highest BCUT2D eigenvalue weighted by atomic mass is 35.5. The normalized spacial score (nSPS) is 18.9. The Hall–Kier alpha value is -4.40. The maximum Gasteiger partial charge on any atom is 0.418 e. The summed E-state index contributed by atoms with van der Waals surface area (Å²) >= 11 is 7.89. The minimum absolute atomic E-state index is 0.175. The van der Waals surface area contributed by atoms with Crippen LogP contribution in [0.4, 0.5) is 24.5 Å². The summed E-state index contributed by atoms with van der Waals surface area (Å²) in [5.41, 5.74) is -0.429. The summed E-state index contributed by atoms with van der Waals surface area (Å²) < 4.78 is 46.7. The smallest absolute Gasteiger partial charge is 0.418 e. The van der Waals surface area contributed by atoms with Gasteiger partial charge in [-0.25, -0.2) is 9.69 Å². The topological polar surface area (TPSA) is 115 Å². The summed E-state index contributed by atoms with van der Waals surface area (Å²) in [6.07, 6.45) is -4.72. The highest BCUT2D eigenvalue weighted by molar-refractivity contribution is 8.00. The fourth-order valence-electron chi connectivity index (χ4n) is 5.67. The van der Waals surface area contributed by atoms with Crippen LogP contribution in [0.15, 0.2) is 82.6 Å². The summed E-state index contributed by atoms with van der Waals surface area (Å²) in [5.74, 6) is -4.24. The van der Waals surface area contributed by atoms with Gasteiger partial charge in [-0.2, -0.15) is 13.2 Å². The summed E-state index contributed by atoms with van der Waals surface area (Å²) in [6.45, 7) is 1.21. The number of amides is 3. The molecule has 9 nitrogen and oxygen atoms in total. The van der Waals surface area contributed by atoms with E-state index >= 15 is 0 Å². The van der Waals surface area contributed by atoms with Gasteiger partial charge >= 0.3 is 17.0 Å². The van der Waals surface area contributed by atoms with E-state index in [0.717, 1.165) is 44.7 Å². The highest BCUT2D eigenvalue weighted by Gasteiger charge is 2.56. The minimum atomic E-state index is -4.72. The number of thioether (sulfide) groups is 1. The second-order valence-corrected chi connectivity index (χ2v) is 13.1. The maximum atomic E-state index is 14.1. The monoisotopic (exact) mass is 701 g/mol. The Balaban J connectivity index is 1.36. The average molecular weight is 702 g/mol. The molecule has 1 aromatic heterocycles. The molecule has 3 amide bonds. The number of benzene rings is 3. The number of rotatable bonds is 7. The lowest BCUT2D eigenvalue weighted by molar-refractivity contribution is -0.137. The van der Waals surface area contributed by atoms with Crippen LogP contribution in [0.1, 0.15) is 39.2 Å². The fraction of sp³-hybridized carbons (Fsp3) is 0.219. The van der Waals surface area contributed by atoms with Crippen molar-refractivity contribution in [2.75, 3.05) is 16.8 Å². The Morgan fingerprint density at radius 1 is 0.957 bits per heavy atom. The van der Waals surface area contributed by atoms with Crippen LogP contribution >= 0.6 is 34.7 Å². The number of hydrogen-bond acceptors (Lipinski definition) is 8. The number of anilines is 2. The SMILES string of the molecule is CCOC(=O)c1ccc(N2C(=O)[C@H]3[C@H](c4ccc(Cl)cc4)c4sc(=O)n(CC(=O)Nc5ccccc5C(F)(F)F)c4S[C@H]3C2=O)cc1. The molecule has 3 atom stereocenters. The van der Waals surface area contributed by atoms with E-state index in [4.69, 9.17) is 16.3 Å². The van der Waals surface area contributed by atoms with Gasteiger partial charge in [-0.1, -0.05) is 59.0 Å². The van der Waals surface area contributed by atoms with E-state index in [1.54, 1.807) is 31.2 Å². The first-order valence-corrected chi connectivity index (χ1v) is 16.2. The molecule has 242 valence electrons. The third kappa shape index (κ3) is 6.08. The van der Waals surface area contributed by atoms with E-state index in [-0.39, 0.29) is 22.9 Å². The predicted octanol–water partition coefficient (Wildman–Crippen LogP) is 6.19. The predicted molar refractivity (Wildman–Crippen MR) is 170 cm³/mol. The van der Waals surface area contributed by atoms with Crippen LogP contribution < -0.4 is 15.1 Å². The number of aromatic nitrogens is 1. The number of nitrogens with zero attached hydrogens (tertiary/aromatic N) is 2. The first kappa shape index (κ1) is 32.5. The van der Waals surface area contributed by atoms with Gasteiger partial charge in [0.15, 0.2) is 0 Å². The molecule has 6 rings (SSSR count). The van der Waals surface area contributed by atoms with E-state index in [1.807, 2.05) is 0 Å². The number of alkyl halides is 3. The van der Waals surface area contributed by atoms with Gasteiger partial charge in [0.1, 0.15) is 11.8 Å². The summed E-state index contributed by atoms with van der Waals surface area (Å²) in [6, 6.07) is 16.9. The van der Waals surface area contributed by atoms with Crippen molar-refractivity contribution in [3.63, 3.8) is 0 Å². The van der Waals surface area contributed by atoms with Crippen molar-refractivity contribution < 1.29 is 37.1 Å². The van der Waals surface area contributed by atoms with Gasteiger partial charge in [0.2, 0.25) is 17.7 Å². The quantitative estimate of drug-likeness (QED) is 0.181. The van der Waals surface area contributed by atoms with Crippen LogP contribution in [0.5, 0.6) is 0 Å². The largest absolute Gasteiger partial charge is 0.462 e. The van der Waals surface area contributed by atoms with E-state index < -0.39 is 69.6 Å². The molecule has 1 N–H and O–H groups in total. The van der Waals surface area contributed by atoms with Gasteiger partial charge in [0, 0.05) is 15.8 Å². The summed E-state index contributed by atoms with van der Waals surface area (Å²) in [5, 5.41) is 1.93. The second kappa shape index (κ2) is 12.7. The van der Waals surface area contributed by atoms with Crippen molar-refractivity contribution in [1.82, 2.24) is 4.57 Å². The zero-order valence-electron chi connectivity index (χ0n) is 24.2. The van der Waals surface area contributed by atoms with E-state index in [9.17, 15) is 37.1 Å². The molecular formula is C32H23ClF3N3O6S2. The number of imide groups is 1. The number of nitrogens with one attached hydrogen (secondary N) is 1. The maximum absolute atomic E-state index is 14.1. The van der Waals surface area contributed by atoms with E-state index in [2.05, 4.69) is 5.32 Å². The van der Waals surface area contributed by atoms with Crippen molar-refractivity contribution in [2.24, 2.45) is 5.92 Å².